The zero-order chi connectivity index (χ0) is 19.3. The minimum atomic E-state index is 0. The maximum atomic E-state index is 6.09. The summed E-state index contributed by atoms with van der Waals surface area (Å²) in [5.74, 6) is 0. The van der Waals surface area contributed by atoms with Gasteiger partial charge in [0.15, 0.2) is 0 Å². The highest BCUT2D eigenvalue weighted by atomic mass is 35.5. The first-order valence-corrected chi connectivity index (χ1v) is 10.7. The van der Waals surface area contributed by atoms with E-state index in [4.69, 9.17) is 23.2 Å². The highest BCUT2D eigenvalue weighted by molar-refractivity contribution is 6.31. The predicted octanol–water partition coefficient (Wildman–Crippen LogP) is 6.94. The summed E-state index contributed by atoms with van der Waals surface area (Å²) in [6.07, 6.45) is 7.61. The van der Waals surface area contributed by atoms with E-state index in [-0.39, 0.29) is 24.8 Å². The number of hydrogen-bond donors (Lipinski definition) is 2. The summed E-state index contributed by atoms with van der Waals surface area (Å²) in [6, 6.07) is 17.2. The van der Waals surface area contributed by atoms with Crippen LogP contribution in [0, 0.1) is 0 Å². The standard InChI is InChI=1S/C23H25Cl2N3.2ClH/c24-17-3-1-2-16(14-17)10-12-26-19-5-7-20(8-6-19)28-22-11-13-27-23-15-18(25)4-9-21(22)23;;/h1-4,9,11,13-15,19-20,26H,5-8,10,12H2,(H,27,28);2*1H/t19-,20-;;. The van der Waals surface area contributed by atoms with Gasteiger partial charge in [0.05, 0.1) is 5.52 Å². The topological polar surface area (TPSA) is 37.0 Å². The molecule has 1 aliphatic rings. The Balaban J connectivity index is 0.00000160. The van der Waals surface area contributed by atoms with Crippen LogP contribution in [-0.2, 0) is 6.42 Å². The molecule has 3 nitrogen and oxygen atoms in total. The molecule has 1 saturated carbocycles. The van der Waals surface area contributed by atoms with E-state index in [1.807, 2.05) is 30.5 Å². The highest BCUT2D eigenvalue weighted by Gasteiger charge is 2.21. The van der Waals surface area contributed by atoms with E-state index >= 15 is 0 Å². The van der Waals surface area contributed by atoms with E-state index in [9.17, 15) is 0 Å². The number of anilines is 1. The largest absolute Gasteiger partial charge is 0.382 e. The van der Waals surface area contributed by atoms with E-state index in [0.717, 1.165) is 39.6 Å². The van der Waals surface area contributed by atoms with Crippen LogP contribution in [0.25, 0.3) is 10.9 Å². The van der Waals surface area contributed by atoms with Crippen molar-refractivity contribution < 1.29 is 0 Å². The number of benzene rings is 2. The van der Waals surface area contributed by atoms with Crippen molar-refractivity contribution in [1.82, 2.24) is 10.3 Å². The molecule has 0 amide bonds. The normalized spacial score (nSPS) is 18.3. The van der Waals surface area contributed by atoms with Crippen molar-refractivity contribution >= 4 is 64.6 Å². The van der Waals surface area contributed by atoms with Crippen molar-refractivity contribution in [2.45, 2.75) is 44.2 Å². The molecule has 0 unspecified atom stereocenters. The second-order valence-electron chi connectivity index (χ2n) is 7.55. The van der Waals surface area contributed by atoms with Crippen LogP contribution in [0.5, 0.6) is 0 Å². The zero-order valence-corrected chi connectivity index (χ0v) is 19.8. The first-order chi connectivity index (χ1) is 13.7. The third-order valence-electron chi connectivity index (χ3n) is 5.53. The van der Waals surface area contributed by atoms with E-state index in [1.165, 1.54) is 31.2 Å². The van der Waals surface area contributed by atoms with E-state index < -0.39 is 0 Å². The molecular weight excluding hydrogens is 460 g/mol. The first kappa shape index (κ1) is 25.0. The summed E-state index contributed by atoms with van der Waals surface area (Å²) >= 11 is 12.2. The average Bonchev–Trinajstić information content (AvgIpc) is 2.69. The van der Waals surface area contributed by atoms with Gasteiger partial charge in [-0.05, 0) is 80.6 Å². The van der Waals surface area contributed by atoms with Crippen molar-refractivity contribution in [3.05, 3.63) is 70.3 Å². The number of hydrogen-bond acceptors (Lipinski definition) is 3. The number of nitrogens with one attached hydrogen (secondary N) is 2. The predicted molar refractivity (Wildman–Crippen MR) is 134 cm³/mol. The van der Waals surface area contributed by atoms with Gasteiger partial charge in [-0.3, -0.25) is 4.98 Å². The van der Waals surface area contributed by atoms with Crippen LogP contribution in [0.1, 0.15) is 31.2 Å². The Labute approximate surface area is 200 Å². The fraction of sp³-hybridized carbons (Fsp3) is 0.348. The maximum absolute atomic E-state index is 6.09. The number of nitrogens with zero attached hydrogens (tertiary/aromatic N) is 1. The molecule has 0 radical (unpaired) electrons. The summed E-state index contributed by atoms with van der Waals surface area (Å²) in [7, 11) is 0. The van der Waals surface area contributed by atoms with Gasteiger partial charge in [0.2, 0.25) is 0 Å². The van der Waals surface area contributed by atoms with Crippen LogP contribution in [-0.4, -0.2) is 23.6 Å². The Kier molecular flexibility index (Phi) is 9.99. The van der Waals surface area contributed by atoms with Gasteiger partial charge in [-0.15, -0.1) is 24.8 Å². The fourth-order valence-electron chi connectivity index (χ4n) is 4.02. The summed E-state index contributed by atoms with van der Waals surface area (Å²) in [4.78, 5) is 4.43. The molecule has 0 saturated heterocycles. The quantitative estimate of drug-likeness (QED) is 0.396. The molecule has 0 bridgehead atoms. The third-order valence-corrected chi connectivity index (χ3v) is 6.00. The van der Waals surface area contributed by atoms with Gasteiger partial charge in [-0.1, -0.05) is 35.3 Å². The van der Waals surface area contributed by atoms with Crippen LogP contribution in [0.2, 0.25) is 10.0 Å². The Morgan fingerprint density at radius 2 is 1.60 bits per heavy atom. The van der Waals surface area contributed by atoms with Crippen molar-refractivity contribution in [3.8, 4) is 0 Å². The van der Waals surface area contributed by atoms with Gasteiger partial charge in [0.25, 0.3) is 0 Å². The molecule has 7 heteroatoms. The van der Waals surface area contributed by atoms with Crippen LogP contribution >= 0.6 is 48.0 Å². The molecule has 1 fully saturated rings. The Morgan fingerprint density at radius 3 is 2.37 bits per heavy atom. The number of rotatable bonds is 6. The number of pyridine rings is 1. The SMILES string of the molecule is Cl.Cl.Clc1cccc(CCN[C@H]2CC[C@H](Nc3ccnc4cc(Cl)ccc34)CC2)c1. The summed E-state index contributed by atoms with van der Waals surface area (Å²) in [5, 5.41) is 10.1. The second-order valence-corrected chi connectivity index (χ2v) is 8.42. The summed E-state index contributed by atoms with van der Waals surface area (Å²) in [6.45, 7) is 0.999. The zero-order valence-electron chi connectivity index (χ0n) is 16.6. The van der Waals surface area contributed by atoms with Gasteiger partial charge in [0.1, 0.15) is 0 Å². The molecule has 1 aromatic heterocycles. The molecule has 0 spiro atoms. The van der Waals surface area contributed by atoms with Gasteiger partial charge in [-0.25, -0.2) is 0 Å². The second kappa shape index (κ2) is 12.0. The molecule has 0 aliphatic heterocycles. The van der Waals surface area contributed by atoms with Crippen molar-refractivity contribution in [1.29, 1.82) is 0 Å². The molecule has 30 heavy (non-hydrogen) atoms. The maximum Gasteiger partial charge on any atom is 0.0737 e. The third kappa shape index (κ3) is 6.63. The number of fused-ring (bicyclic) bond motifs is 1. The Hall–Kier alpha value is -1.23. The molecular formula is C23H27Cl4N3. The van der Waals surface area contributed by atoms with Crippen molar-refractivity contribution in [2.24, 2.45) is 0 Å². The molecule has 0 atom stereocenters. The molecule has 2 aromatic carbocycles. The summed E-state index contributed by atoms with van der Waals surface area (Å²) < 4.78 is 0. The number of halogens is 4. The molecule has 1 aliphatic carbocycles. The average molecular weight is 487 g/mol. The lowest BCUT2D eigenvalue weighted by molar-refractivity contribution is 0.356. The molecule has 4 rings (SSSR count). The van der Waals surface area contributed by atoms with Crippen LogP contribution in [0.4, 0.5) is 5.69 Å². The number of aromatic nitrogens is 1. The van der Waals surface area contributed by atoms with Crippen molar-refractivity contribution in [2.75, 3.05) is 11.9 Å². The summed E-state index contributed by atoms with van der Waals surface area (Å²) in [5.41, 5.74) is 3.38. The minimum absolute atomic E-state index is 0. The molecule has 3 aromatic rings. The highest BCUT2D eigenvalue weighted by Crippen LogP contribution is 2.28. The smallest absolute Gasteiger partial charge is 0.0737 e. The molecule has 2 N–H and O–H groups in total. The van der Waals surface area contributed by atoms with Crippen LogP contribution in [0.15, 0.2) is 54.7 Å². The monoisotopic (exact) mass is 485 g/mol. The lowest BCUT2D eigenvalue weighted by atomic mass is 9.90. The van der Waals surface area contributed by atoms with E-state index in [2.05, 4.69) is 39.9 Å². The van der Waals surface area contributed by atoms with Crippen LogP contribution < -0.4 is 10.6 Å². The van der Waals surface area contributed by atoms with Gasteiger partial charge >= 0.3 is 0 Å². The van der Waals surface area contributed by atoms with E-state index in [0.29, 0.717) is 12.1 Å². The molecule has 162 valence electrons. The molecule has 1 heterocycles. The lowest BCUT2D eigenvalue weighted by Crippen LogP contribution is -2.37. The van der Waals surface area contributed by atoms with Gasteiger partial charge in [0, 0.05) is 39.4 Å². The van der Waals surface area contributed by atoms with Gasteiger partial charge < -0.3 is 10.6 Å². The van der Waals surface area contributed by atoms with Crippen LogP contribution in [0.3, 0.4) is 0 Å². The fourth-order valence-corrected chi connectivity index (χ4v) is 4.40. The Bertz CT molecular complexity index is 943. The minimum Gasteiger partial charge on any atom is -0.382 e. The Morgan fingerprint density at radius 1 is 0.867 bits per heavy atom. The first-order valence-electron chi connectivity index (χ1n) is 9.96. The van der Waals surface area contributed by atoms with E-state index in [1.54, 1.807) is 0 Å². The lowest BCUT2D eigenvalue weighted by Gasteiger charge is -2.30. The van der Waals surface area contributed by atoms with Gasteiger partial charge in [-0.2, -0.15) is 0 Å². The van der Waals surface area contributed by atoms with Crippen molar-refractivity contribution in [3.63, 3.8) is 0 Å².